The molecular weight excluding hydrogens is 304 g/mol. The second kappa shape index (κ2) is 9.52. The quantitative estimate of drug-likeness (QED) is 0.805. The third-order valence-electron chi connectivity index (χ3n) is 4.35. The number of hydrogen-bond donors (Lipinski definition) is 2. The summed E-state index contributed by atoms with van der Waals surface area (Å²) in [5, 5.41) is 2.85. The lowest BCUT2D eigenvalue weighted by molar-refractivity contribution is -0.862. The molecule has 0 saturated heterocycles. The molecule has 0 aliphatic heterocycles. The molecule has 0 heterocycles. The zero-order valence-electron chi connectivity index (χ0n) is 15.1. The van der Waals surface area contributed by atoms with Crippen LogP contribution in [0.2, 0.25) is 0 Å². The van der Waals surface area contributed by atoms with Crippen molar-refractivity contribution in [3.05, 3.63) is 24.3 Å². The van der Waals surface area contributed by atoms with Crippen molar-refractivity contribution in [2.45, 2.75) is 45.1 Å². The first-order valence-corrected chi connectivity index (χ1v) is 9.08. The largest absolute Gasteiger partial charge is 0.491 e. The van der Waals surface area contributed by atoms with E-state index in [-0.39, 0.29) is 12.2 Å². The molecule has 2 N–H and O–H groups in total. The lowest BCUT2D eigenvalue weighted by atomic mass is 9.86. The third-order valence-corrected chi connectivity index (χ3v) is 4.35. The summed E-state index contributed by atoms with van der Waals surface area (Å²) in [7, 11) is 4.29. The molecule has 24 heavy (non-hydrogen) atoms. The van der Waals surface area contributed by atoms with Crippen molar-refractivity contribution in [3.63, 3.8) is 0 Å². The molecule has 0 bridgehead atoms. The Labute approximate surface area is 145 Å². The molecule has 2 rings (SSSR count). The van der Waals surface area contributed by atoms with Crippen LogP contribution in [0.15, 0.2) is 24.3 Å². The maximum Gasteiger partial charge on any atom is 0.412 e. The fourth-order valence-corrected chi connectivity index (χ4v) is 3.27. The fourth-order valence-electron chi connectivity index (χ4n) is 3.27. The van der Waals surface area contributed by atoms with Crippen LogP contribution in [0.5, 0.6) is 5.75 Å². The van der Waals surface area contributed by atoms with E-state index in [1.807, 2.05) is 24.3 Å². The van der Waals surface area contributed by atoms with Gasteiger partial charge < -0.3 is 14.4 Å². The summed E-state index contributed by atoms with van der Waals surface area (Å²) in [5.74, 6) is 1.13. The number of nitrogens with one attached hydrogen (secondary N) is 2. The number of amides is 1. The first-order valence-electron chi connectivity index (χ1n) is 9.08. The highest BCUT2D eigenvalue weighted by atomic mass is 16.6. The SMILES string of the molecule is CCCOc1ccccc1NC(=O)O[C@H]1CCCC[C@@H]1C[NH+](C)C. The van der Waals surface area contributed by atoms with Gasteiger partial charge in [0.25, 0.3) is 0 Å². The van der Waals surface area contributed by atoms with E-state index in [1.165, 1.54) is 11.3 Å². The molecule has 5 heteroatoms. The number of rotatable bonds is 7. The molecule has 1 aromatic rings. The van der Waals surface area contributed by atoms with Crippen LogP contribution in [0, 0.1) is 5.92 Å². The van der Waals surface area contributed by atoms with Gasteiger partial charge in [0.2, 0.25) is 0 Å². The highest BCUT2D eigenvalue weighted by Gasteiger charge is 2.30. The average Bonchev–Trinajstić information content (AvgIpc) is 2.55. The summed E-state index contributed by atoms with van der Waals surface area (Å²) in [6.07, 6.45) is 5.01. The monoisotopic (exact) mass is 335 g/mol. The van der Waals surface area contributed by atoms with E-state index >= 15 is 0 Å². The molecular formula is C19H31N2O3+. The zero-order chi connectivity index (χ0) is 17.4. The van der Waals surface area contributed by atoms with Crippen LogP contribution in [-0.2, 0) is 4.74 Å². The number of ether oxygens (including phenoxy) is 2. The number of quaternary nitrogens is 1. The minimum atomic E-state index is -0.381. The molecule has 0 aromatic heterocycles. The van der Waals surface area contributed by atoms with Gasteiger partial charge in [-0.25, -0.2) is 4.79 Å². The fraction of sp³-hybridized carbons (Fsp3) is 0.632. The molecule has 1 aliphatic rings. The number of carbonyl (C=O) groups is 1. The molecule has 1 aliphatic carbocycles. The van der Waals surface area contributed by atoms with Gasteiger partial charge in [0.05, 0.1) is 32.9 Å². The van der Waals surface area contributed by atoms with Crippen molar-refractivity contribution in [2.24, 2.45) is 5.92 Å². The summed E-state index contributed by atoms with van der Waals surface area (Å²) in [6, 6.07) is 7.49. The number of anilines is 1. The number of carbonyl (C=O) groups excluding carboxylic acids is 1. The maximum absolute atomic E-state index is 12.3. The summed E-state index contributed by atoms with van der Waals surface area (Å²) in [6.45, 7) is 3.72. The van der Waals surface area contributed by atoms with Crippen molar-refractivity contribution >= 4 is 11.8 Å². The van der Waals surface area contributed by atoms with Crippen LogP contribution in [0.25, 0.3) is 0 Å². The molecule has 1 saturated carbocycles. The summed E-state index contributed by atoms with van der Waals surface area (Å²) < 4.78 is 11.4. The Morgan fingerprint density at radius 1 is 1.25 bits per heavy atom. The Morgan fingerprint density at radius 3 is 2.75 bits per heavy atom. The third kappa shape index (κ3) is 5.71. The van der Waals surface area contributed by atoms with Gasteiger partial charge in [-0.2, -0.15) is 0 Å². The Morgan fingerprint density at radius 2 is 2.00 bits per heavy atom. The number of para-hydroxylation sites is 2. The highest BCUT2D eigenvalue weighted by molar-refractivity contribution is 5.86. The van der Waals surface area contributed by atoms with E-state index in [0.717, 1.165) is 32.2 Å². The second-order valence-corrected chi connectivity index (χ2v) is 6.87. The van der Waals surface area contributed by atoms with Gasteiger partial charge >= 0.3 is 6.09 Å². The van der Waals surface area contributed by atoms with Gasteiger partial charge in [-0.15, -0.1) is 0 Å². The molecule has 2 atom stereocenters. The van der Waals surface area contributed by atoms with Gasteiger partial charge in [0.15, 0.2) is 0 Å². The van der Waals surface area contributed by atoms with Gasteiger partial charge in [-0.05, 0) is 37.8 Å². The molecule has 134 valence electrons. The van der Waals surface area contributed by atoms with Crippen molar-refractivity contribution in [3.8, 4) is 5.75 Å². The minimum Gasteiger partial charge on any atom is -0.491 e. The summed E-state index contributed by atoms with van der Waals surface area (Å²) in [5.41, 5.74) is 0.668. The predicted molar refractivity (Wildman–Crippen MR) is 95.8 cm³/mol. The van der Waals surface area contributed by atoms with E-state index < -0.39 is 0 Å². The maximum atomic E-state index is 12.3. The van der Waals surface area contributed by atoms with Crippen LogP contribution < -0.4 is 15.0 Å². The van der Waals surface area contributed by atoms with E-state index in [9.17, 15) is 4.79 Å². The van der Waals surface area contributed by atoms with E-state index in [2.05, 4.69) is 26.3 Å². The van der Waals surface area contributed by atoms with Gasteiger partial charge in [-0.3, -0.25) is 5.32 Å². The van der Waals surface area contributed by atoms with Gasteiger partial charge in [0.1, 0.15) is 11.9 Å². The summed E-state index contributed by atoms with van der Waals surface area (Å²) >= 11 is 0. The van der Waals surface area contributed by atoms with Crippen LogP contribution >= 0.6 is 0 Å². The normalized spacial score (nSPS) is 20.7. The lowest BCUT2D eigenvalue weighted by Gasteiger charge is -2.31. The smallest absolute Gasteiger partial charge is 0.412 e. The van der Waals surface area contributed by atoms with Crippen LogP contribution in [0.1, 0.15) is 39.0 Å². The summed E-state index contributed by atoms with van der Waals surface area (Å²) in [4.78, 5) is 13.7. The van der Waals surface area contributed by atoms with Gasteiger partial charge in [0, 0.05) is 5.92 Å². The standard InChI is InChI=1S/C19H30N2O3/c1-4-13-23-18-12-8-6-10-16(18)20-19(22)24-17-11-7-5-9-15(17)14-21(2)3/h6,8,10,12,15,17H,4-5,7,9,11,13-14H2,1-3H3,(H,20,22)/p+1/t15-,17+/m1/s1. The number of benzene rings is 1. The zero-order valence-corrected chi connectivity index (χ0v) is 15.1. The highest BCUT2D eigenvalue weighted by Crippen LogP contribution is 2.28. The van der Waals surface area contributed by atoms with Crippen LogP contribution in [-0.4, -0.2) is 39.4 Å². The van der Waals surface area contributed by atoms with Crippen molar-refractivity contribution in [1.29, 1.82) is 0 Å². The topological polar surface area (TPSA) is 52.0 Å². The Hall–Kier alpha value is -1.75. The minimum absolute atomic E-state index is 0.0115. The van der Waals surface area contributed by atoms with Gasteiger partial charge in [-0.1, -0.05) is 25.5 Å². The van der Waals surface area contributed by atoms with E-state index in [1.54, 1.807) is 0 Å². The second-order valence-electron chi connectivity index (χ2n) is 6.87. The first-order chi connectivity index (χ1) is 11.6. The predicted octanol–water partition coefficient (Wildman–Crippen LogP) is 2.73. The molecule has 0 unspecified atom stereocenters. The Balaban J connectivity index is 1.94. The van der Waals surface area contributed by atoms with Crippen LogP contribution in [0.3, 0.4) is 0 Å². The van der Waals surface area contributed by atoms with Crippen molar-refractivity contribution < 1.29 is 19.2 Å². The number of hydrogen-bond acceptors (Lipinski definition) is 3. The Kier molecular flexibility index (Phi) is 7.37. The lowest BCUT2D eigenvalue weighted by Crippen LogP contribution is -3.06. The van der Waals surface area contributed by atoms with Crippen molar-refractivity contribution in [1.82, 2.24) is 0 Å². The van der Waals surface area contributed by atoms with E-state index in [0.29, 0.717) is 24.0 Å². The van der Waals surface area contributed by atoms with Crippen LogP contribution in [0.4, 0.5) is 10.5 Å². The molecule has 0 spiro atoms. The van der Waals surface area contributed by atoms with E-state index in [4.69, 9.17) is 9.47 Å². The molecule has 1 fully saturated rings. The molecule has 1 amide bonds. The first kappa shape index (κ1) is 18.6. The Bertz CT molecular complexity index is 519. The van der Waals surface area contributed by atoms with Crippen molar-refractivity contribution in [2.75, 3.05) is 32.6 Å². The molecule has 1 aromatic carbocycles. The molecule has 0 radical (unpaired) electrons. The average molecular weight is 335 g/mol. The molecule has 5 nitrogen and oxygen atoms in total.